The van der Waals surface area contributed by atoms with Crippen LogP contribution in [0, 0.1) is 11.6 Å². The van der Waals surface area contributed by atoms with Gasteiger partial charge in [0.1, 0.15) is 11.6 Å². The largest absolute Gasteiger partial charge is 0.444 e. The van der Waals surface area contributed by atoms with Crippen LogP contribution in [0.4, 0.5) is 38.1 Å². The molecule has 1 aliphatic rings. The molecule has 0 unspecified atom stereocenters. The normalized spacial score (nSPS) is 15.0. The second-order valence-corrected chi connectivity index (χ2v) is 11.7. The minimum Gasteiger partial charge on any atom is -0.444 e. The van der Waals surface area contributed by atoms with Crippen LogP contribution in [0.3, 0.4) is 0 Å². The third-order valence-electron chi connectivity index (χ3n) is 6.62. The highest BCUT2D eigenvalue weighted by Crippen LogP contribution is 2.31. The zero-order chi connectivity index (χ0) is 32.8. The molecule has 1 atom stereocenters. The van der Waals surface area contributed by atoms with Gasteiger partial charge in [-0.1, -0.05) is 17.7 Å². The monoisotopic (exact) mass is 647 g/mol. The molecule has 0 aromatic heterocycles. The Labute approximate surface area is 257 Å². The van der Waals surface area contributed by atoms with Gasteiger partial charge in [0, 0.05) is 49.9 Å². The van der Waals surface area contributed by atoms with E-state index < -0.39 is 65.9 Å². The first-order chi connectivity index (χ1) is 20.4. The van der Waals surface area contributed by atoms with Crippen molar-refractivity contribution in [3.63, 3.8) is 0 Å². The smallest absolute Gasteiger partial charge is 0.408 e. The van der Waals surface area contributed by atoms with Crippen molar-refractivity contribution in [2.75, 3.05) is 42.9 Å². The molecule has 1 heterocycles. The summed E-state index contributed by atoms with van der Waals surface area (Å²) in [6.45, 7) is 7.24. The Morgan fingerprint density at radius 1 is 1.00 bits per heavy atom. The standard InChI is InChI=1S/C29H35ClF5N5O4/c1-17(37-27(43)44-28(2,3)4)25(41)36-16-18-5-7-20(24(32)23(18)31)26(42)38-21-8-6-19(30)15-22(21)40-13-11-39(12-14-40)10-9-29(33,34)35/h5-8,15,17H,9-14,16H2,1-4H3,(H,36,41)(H,37,43)(H,38,42)/t17-/m1/s1. The lowest BCUT2D eigenvalue weighted by atomic mass is 10.1. The van der Waals surface area contributed by atoms with Gasteiger partial charge in [0.25, 0.3) is 5.91 Å². The van der Waals surface area contributed by atoms with E-state index in [0.717, 1.165) is 12.1 Å². The Kier molecular flexibility index (Phi) is 11.4. The van der Waals surface area contributed by atoms with E-state index in [1.807, 2.05) is 4.90 Å². The van der Waals surface area contributed by atoms with E-state index in [1.165, 1.54) is 19.1 Å². The molecule has 0 bridgehead atoms. The molecule has 1 saturated heterocycles. The van der Waals surface area contributed by atoms with E-state index in [2.05, 4.69) is 16.0 Å². The van der Waals surface area contributed by atoms with Crippen molar-refractivity contribution in [1.82, 2.24) is 15.5 Å². The van der Waals surface area contributed by atoms with Crippen LogP contribution >= 0.6 is 11.6 Å². The molecule has 242 valence electrons. The van der Waals surface area contributed by atoms with Gasteiger partial charge in [0.2, 0.25) is 5.91 Å². The Bertz CT molecular complexity index is 1360. The molecule has 1 fully saturated rings. The summed E-state index contributed by atoms with van der Waals surface area (Å²) in [5, 5.41) is 7.65. The number of halogens is 6. The third-order valence-corrected chi connectivity index (χ3v) is 6.85. The lowest BCUT2D eigenvalue weighted by molar-refractivity contribution is -0.138. The second-order valence-electron chi connectivity index (χ2n) is 11.3. The van der Waals surface area contributed by atoms with Gasteiger partial charge in [-0.25, -0.2) is 13.6 Å². The summed E-state index contributed by atoms with van der Waals surface area (Å²) in [5.74, 6) is -4.38. The first-order valence-electron chi connectivity index (χ1n) is 13.8. The van der Waals surface area contributed by atoms with Crippen LogP contribution in [-0.2, 0) is 16.1 Å². The van der Waals surface area contributed by atoms with Crippen molar-refractivity contribution in [3.05, 3.63) is 58.1 Å². The fourth-order valence-corrected chi connectivity index (χ4v) is 4.51. The van der Waals surface area contributed by atoms with Crippen molar-refractivity contribution in [3.8, 4) is 0 Å². The molecule has 0 spiro atoms. The summed E-state index contributed by atoms with van der Waals surface area (Å²) in [6.07, 6.45) is -5.98. The van der Waals surface area contributed by atoms with E-state index in [-0.39, 0.29) is 17.8 Å². The maximum absolute atomic E-state index is 15.0. The number of hydrogen-bond donors (Lipinski definition) is 3. The van der Waals surface area contributed by atoms with Crippen LogP contribution in [0.1, 0.15) is 50.0 Å². The molecule has 3 rings (SSSR count). The minimum atomic E-state index is -4.25. The summed E-state index contributed by atoms with van der Waals surface area (Å²) in [5.41, 5.74) is -0.855. The fraction of sp³-hybridized carbons (Fsp3) is 0.483. The summed E-state index contributed by atoms with van der Waals surface area (Å²) in [6, 6.07) is 5.77. The van der Waals surface area contributed by atoms with Gasteiger partial charge in [-0.3, -0.25) is 14.5 Å². The molecule has 3 amide bonds. The minimum absolute atomic E-state index is 0.122. The molecule has 2 aromatic carbocycles. The fourth-order valence-electron chi connectivity index (χ4n) is 4.35. The maximum atomic E-state index is 15.0. The lowest BCUT2D eigenvalue weighted by Crippen LogP contribution is -2.47. The van der Waals surface area contributed by atoms with Gasteiger partial charge < -0.3 is 25.6 Å². The number of hydrogen-bond acceptors (Lipinski definition) is 6. The van der Waals surface area contributed by atoms with Crippen molar-refractivity contribution in [2.45, 2.75) is 58.5 Å². The lowest BCUT2D eigenvalue weighted by Gasteiger charge is -2.37. The number of carbonyl (C=O) groups excluding carboxylic acids is 3. The SMILES string of the molecule is C[C@@H](NC(=O)OC(C)(C)C)C(=O)NCc1ccc(C(=O)Nc2ccc(Cl)cc2N2CCN(CCC(F)(F)F)CC2)c(F)c1F. The Morgan fingerprint density at radius 3 is 2.27 bits per heavy atom. The molecule has 9 nitrogen and oxygen atoms in total. The number of carbonyl (C=O) groups is 3. The van der Waals surface area contributed by atoms with Crippen LogP contribution in [-0.4, -0.2) is 73.4 Å². The van der Waals surface area contributed by atoms with Crippen molar-refractivity contribution in [2.24, 2.45) is 0 Å². The first kappa shape index (κ1) is 34.8. The first-order valence-corrected chi connectivity index (χ1v) is 14.2. The van der Waals surface area contributed by atoms with Gasteiger partial charge >= 0.3 is 12.3 Å². The summed E-state index contributed by atoms with van der Waals surface area (Å²) < 4.78 is 72.8. The molecular formula is C29H35ClF5N5O4. The van der Waals surface area contributed by atoms with Crippen molar-refractivity contribution >= 4 is 40.9 Å². The molecule has 0 saturated carbocycles. The highest BCUT2D eigenvalue weighted by molar-refractivity contribution is 6.31. The average Bonchev–Trinajstić information content (AvgIpc) is 2.92. The number of amides is 3. The van der Waals surface area contributed by atoms with E-state index >= 15 is 4.39 Å². The Morgan fingerprint density at radius 2 is 1.66 bits per heavy atom. The molecule has 1 aliphatic heterocycles. The van der Waals surface area contributed by atoms with E-state index in [4.69, 9.17) is 16.3 Å². The van der Waals surface area contributed by atoms with Gasteiger partial charge in [0.15, 0.2) is 11.6 Å². The zero-order valence-corrected chi connectivity index (χ0v) is 25.5. The van der Waals surface area contributed by atoms with Crippen LogP contribution in [0.2, 0.25) is 5.02 Å². The van der Waals surface area contributed by atoms with Crippen LogP contribution in [0.15, 0.2) is 30.3 Å². The number of benzene rings is 2. The molecule has 44 heavy (non-hydrogen) atoms. The van der Waals surface area contributed by atoms with E-state index in [9.17, 15) is 31.9 Å². The maximum Gasteiger partial charge on any atom is 0.408 e. The van der Waals surface area contributed by atoms with Crippen LogP contribution in [0.5, 0.6) is 0 Å². The number of nitrogens with zero attached hydrogens (tertiary/aromatic N) is 2. The Balaban J connectivity index is 1.64. The molecular weight excluding hydrogens is 613 g/mol. The van der Waals surface area contributed by atoms with Crippen LogP contribution in [0.25, 0.3) is 0 Å². The zero-order valence-electron chi connectivity index (χ0n) is 24.7. The topological polar surface area (TPSA) is 103 Å². The number of alkyl halides is 3. The predicted octanol–water partition coefficient (Wildman–Crippen LogP) is 5.47. The van der Waals surface area contributed by atoms with Crippen LogP contribution < -0.4 is 20.9 Å². The predicted molar refractivity (Wildman–Crippen MR) is 156 cm³/mol. The summed E-state index contributed by atoms with van der Waals surface area (Å²) >= 11 is 6.16. The third kappa shape index (κ3) is 10.2. The van der Waals surface area contributed by atoms with E-state index in [1.54, 1.807) is 31.7 Å². The molecule has 0 aliphatic carbocycles. The highest BCUT2D eigenvalue weighted by Gasteiger charge is 2.29. The molecule has 15 heteroatoms. The second kappa shape index (κ2) is 14.4. The number of piperazine rings is 1. The molecule has 3 N–H and O–H groups in total. The Hall–Kier alpha value is -3.65. The highest BCUT2D eigenvalue weighted by atomic mass is 35.5. The summed E-state index contributed by atoms with van der Waals surface area (Å²) in [7, 11) is 0. The number of rotatable bonds is 9. The summed E-state index contributed by atoms with van der Waals surface area (Å²) in [4.78, 5) is 40.7. The molecule has 0 radical (unpaired) electrons. The van der Waals surface area contributed by atoms with E-state index in [0.29, 0.717) is 36.9 Å². The van der Waals surface area contributed by atoms with Crippen molar-refractivity contribution < 1.29 is 41.1 Å². The number of alkyl carbamates (subject to hydrolysis) is 1. The van der Waals surface area contributed by atoms with Gasteiger partial charge in [-0.2, -0.15) is 13.2 Å². The number of nitrogens with one attached hydrogen (secondary N) is 3. The average molecular weight is 648 g/mol. The number of anilines is 2. The van der Waals surface area contributed by atoms with Gasteiger partial charge in [-0.05, 0) is 52.0 Å². The van der Waals surface area contributed by atoms with Crippen molar-refractivity contribution in [1.29, 1.82) is 0 Å². The molecule has 2 aromatic rings. The van der Waals surface area contributed by atoms with Gasteiger partial charge in [0.05, 0.1) is 23.4 Å². The van der Waals surface area contributed by atoms with Gasteiger partial charge in [-0.15, -0.1) is 0 Å². The quantitative estimate of drug-likeness (QED) is 0.312. The number of ether oxygens (including phenoxy) is 1.